The highest BCUT2D eigenvalue weighted by Gasteiger charge is 2.31. The molecule has 2 atom stereocenters. The summed E-state index contributed by atoms with van der Waals surface area (Å²) in [5.41, 5.74) is 2.26. The number of hydrogen-bond donors (Lipinski definition) is 0. The van der Waals surface area contributed by atoms with E-state index in [-0.39, 0.29) is 11.7 Å². The number of hydrogen-bond acceptors (Lipinski definition) is 4. The number of halogens is 2. The van der Waals surface area contributed by atoms with E-state index in [2.05, 4.69) is 34.9 Å². The zero-order valence-corrected chi connectivity index (χ0v) is 21.1. The van der Waals surface area contributed by atoms with Gasteiger partial charge in [0.2, 0.25) is 5.91 Å². The molecule has 2 aromatic rings. The van der Waals surface area contributed by atoms with Crippen LogP contribution in [0.15, 0.2) is 48.5 Å². The molecule has 2 heterocycles. The summed E-state index contributed by atoms with van der Waals surface area (Å²) in [7, 11) is 4.31. The molecule has 2 aromatic carbocycles. The van der Waals surface area contributed by atoms with E-state index in [0.29, 0.717) is 18.4 Å². The molecule has 1 amide bonds. The summed E-state index contributed by atoms with van der Waals surface area (Å²) in [5.74, 6) is 0.498. The topological polar surface area (TPSA) is 30.0 Å². The third-order valence-corrected chi connectivity index (χ3v) is 7.52. The minimum Gasteiger partial charge on any atom is -0.368 e. The molecule has 2 saturated heterocycles. The lowest BCUT2D eigenvalue weighted by atomic mass is 9.87. The van der Waals surface area contributed by atoms with Crippen LogP contribution in [0.3, 0.4) is 0 Å². The number of carbonyl (C=O) groups excluding carboxylic acids is 1. The van der Waals surface area contributed by atoms with Crippen LogP contribution in [0.1, 0.15) is 24.8 Å². The van der Waals surface area contributed by atoms with Crippen LogP contribution >= 0.6 is 11.6 Å². The molecule has 2 aliphatic rings. The lowest BCUT2D eigenvalue weighted by Crippen LogP contribution is -2.50. The molecule has 0 aromatic heterocycles. The highest BCUT2D eigenvalue weighted by Crippen LogP contribution is 2.27. The van der Waals surface area contributed by atoms with Crippen LogP contribution in [0.5, 0.6) is 0 Å². The van der Waals surface area contributed by atoms with Gasteiger partial charge in [-0.2, -0.15) is 0 Å². The van der Waals surface area contributed by atoms with E-state index in [0.717, 1.165) is 69.4 Å². The van der Waals surface area contributed by atoms with Crippen molar-refractivity contribution in [1.29, 1.82) is 0 Å². The third-order valence-electron chi connectivity index (χ3n) is 7.29. The molecule has 184 valence electrons. The average Bonchev–Trinajstić information content (AvgIpc) is 2.83. The molecule has 0 bridgehead atoms. The largest absolute Gasteiger partial charge is 0.368 e. The summed E-state index contributed by atoms with van der Waals surface area (Å²) in [6.07, 6.45) is 2.62. The number of piperidine rings is 1. The Balaban J connectivity index is 1.28. The molecule has 0 aliphatic carbocycles. The first-order valence-electron chi connectivity index (χ1n) is 12.3. The van der Waals surface area contributed by atoms with E-state index in [4.69, 9.17) is 11.6 Å². The second-order valence-corrected chi connectivity index (χ2v) is 10.3. The first-order valence-corrected chi connectivity index (χ1v) is 12.7. The van der Waals surface area contributed by atoms with Crippen molar-refractivity contribution in [1.82, 2.24) is 14.7 Å². The summed E-state index contributed by atoms with van der Waals surface area (Å²) in [4.78, 5) is 22.1. The summed E-state index contributed by atoms with van der Waals surface area (Å²) in [6, 6.07) is 15.2. The maximum absolute atomic E-state index is 13.2. The highest BCUT2D eigenvalue weighted by molar-refractivity contribution is 6.30. The van der Waals surface area contributed by atoms with Gasteiger partial charge in [-0.15, -0.1) is 0 Å². The highest BCUT2D eigenvalue weighted by atomic mass is 35.5. The van der Waals surface area contributed by atoms with Crippen molar-refractivity contribution >= 4 is 23.2 Å². The minimum atomic E-state index is -0.220. The molecule has 0 radical (unpaired) electrons. The number of benzene rings is 2. The van der Waals surface area contributed by atoms with Crippen molar-refractivity contribution in [2.45, 2.75) is 31.8 Å². The fourth-order valence-electron chi connectivity index (χ4n) is 5.43. The Hall–Kier alpha value is -2.15. The number of carbonyl (C=O) groups is 1. The smallest absolute Gasteiger partial charge is 0.222 e. The Bertz CT molecular complexity index is 946. The Labute approximate surface area is 208 Å². The normalized spacial score (nSPS) is 21.8. The maximum Gasteiger partial charge on any atom is 0.222 e. The molecule has 2 aliphatic heterocycles. The van der Waals surface area contributed by atoms with Crippen molar-refractivity contribution in [2.75, 3.05) is 58.3 Å². The minimum absolute atomic E-state index is 0.220. The van der Waals surface area contributed by atoms with Crippen LogP contribution in [0.2, 0.25) is 5.02 Å². The van der Waals surface area contributed by atoms with Crippen LogP contribution in [0, 0.1) is 11.7 Å². The number of likely N-dealkylation sites (tertiary alicyclic amines) is 1. The van der Waals surface area contributed by atoms with E-state index in [9.17, 15) is 9.18 Å². The van der Waals surface area contributed by atoms with Crippen molar-refractivity contribution in [3.05, 3.63) is 64.9 Å². The van der Waals surface area contributed by atoms with Gasteiger partial charge in [0.25, 0.3) is 0 Å². The van der Waals surface area contributed by atoms with E-state index < -0.39 is 0 Å². The summed E-state index contributed by atoms with van der Waals surface area (Å²) < 4.78 is 13.2. The standard InChI is InChI=1S/C27H36ClFN4O/c1-30(2)26-12-13-31(19-21-4-3-5-23(28)18-21)20-22(26)6-11-27(34)33-16-14-32(15-17-33)25-9-7-24(29)8-10-25/h3-5,7-10,18,22,26H,6,11-17,19-20H2,1-2H3/t22-,26+/m0/s1. The van der Waals surface area contributed by atoms with Gasteiger partial charge in [-0.1, -0.05) is 23.7 Å². The van der Waals surface area contributed by atoms with Crippen LogP contribution in [0.4, 0.5) is 10.1 Å². The molecular formula is C27H36ClFN4O. The molecule has 7 heteroatoms. The van der Waals surface area contributed by atoms with Crippen LogP contribution in [-0.4, -0.2) is 80.0 Å². The third kappa shape index (κ3) is 6.49. The van der Waals surface area contributed by atoms with Gasteiger partial charge < -0.3 is 14.7 Å². The Morgan fingerprint density at radius 2 is 1.79 bits per heavy atom. The first-order chi connectivity index (χ1) is 16.4. The molecular weight excluding hydrogens is 451 g/mol. The number of nitrogens with zero attached hydrogens (tertiary/aromatic N) is 4. The lowest BCUT2D eigenvalue weighted by Gasteiger charge is -2.42. The zero-order chi connectivity index (χ0) is 24.1. The van der Waals surface area contributed by atoms with Crippen LogP contribution in [-0.2, 0) is 11.3 Å². The summed E-state index contributed by atoms with van der Waals surface area (Å²) >= 11 is 6.18. The van der Waals surface area contributed by atoms with Gasteiger partial charge in [0, 0.05) is 62.4 Å². The molecule has 0 N–H and O–H groups in total. The van der Waals surface area contributed by atoms with E-state index >= 15 is 0 Å². The van der Waals surface area contributed by atoms with E-state index in [1.165, 1.54) is 17.7 Å². The molecule has 0 unspecified atom stereocenters. The quantitative estimate of drug-likeness (QED) is 0.581. The molecule has 2 fully saturated rings. The SMILES string of the molecule is CN(C)[C@@H]1CCN(Cc2cccc(Cl)c2)C[C@@H]1CCC(=O)N1CCN(c2ccc(F)cc2)CC1. The lowest BCUT2D eigenvalue weighted by molar-refractivity contribution is -0.132. The maximum atomic E-state index is 13.2. The zero-order valence-electron chi connectivity index (χ0n) is 20.3. The fraction of sp³-hybridized carbons (Fsp3) is 0.519. The average molecular weight is 487 g/mol. The predicted molar refractivity (Wildman–Crippen MR) is 137 cm³/mol. The number of anilines is 1. The molecule has 0 spiro atoms. The Kier molecular flexibility index (Phi) is 8.46. The molecule has 4 rings (SSSR count). The fourth-order valence-corrected chi connectivity index (χ4v) is 5.64. The second kappa shape index (κ2) is 11.5. The van der Waals surface area contributed by atoms with Crippen LogP contribution < -0.4 is 4.90 Å². The number of rotatable bonds is 7. The van der Waals surface area contributed by atoms with Crippen molar-refractivity contribution in [3.63, 3.8) is 0 Å². The molecule has 5 nitrogen and oxygen atoms in total. The van der Waals surface area contributed by atoms with Gasteiger partial charge in [-0.25, -0.2) is 4.39 Å². The van der Waals surface area contributed by atoms with E-state index in [1.54, 1.807) is 0 Å². The van der Waals surface area contributed by atoms with E-state index in [1.807, 2.05) is 35.2 Å². The second-order valence-electron chi connectivity index (χ2n) is 9.83. The predicted octanol–water partition coefficient (Wildman–Crippen LogP) is 4.36. The summed E-state index contributed by atoms with van der Waals surface area (Å²) in [6.45, 7) is 5.98. The Morgan fingerprint density at radius 3 is 2.47 bits per heavy atom. The van der Waals surface area contributed by atoms with Gasteiger partial charge in [-0.05, 0) is 81.4 Å². The first kappa shape index (κ1) is 25.0. The van der Waals surface area contributed by atoms with Gasteiger partial charge in [0.15, 0.2) is 0 Å². The Morgan fingerprint density at radius 1 is 1.06 bits per heavy atom. The van der Waals surface area contributed by atoms with Gasteiger partial charge in [0.05, 0.1) is 0 Å². The van der Waals surface area contributed by atoms with Gasteiger partial charge in [0.1, 0.15) is 5.82 Å². The van der Waals surface area contributed by atoms with Crippen molar-refractivity contribution in [3.8, 4) is 0 Å². The monoisotopic (exact) mass is 486 g/mol. The van der Waals surface area contributed by atoms with Crippen molar-refractivity contribution in [2.24, 2.45) is 5.92 Å². The molecule has 34 heavy (non-hydrogen) atoms. The van der Waals surface area contributed by atoms with Crippen LogP contribution in [0.25, 0.3) is 0 Å². The summed E-state index contributed by atoms with van der Waals surface area (Å²) in [5, 5.41) is 0.780. The number of piperazine rings is 1. The van der Waals surface area contributed by atoms with Gasteiger partial charge in [-0.3, -0.25) is 9.69 Å². The molecule has 0 saturated carbocycles. The van der Waals surface area contributed by atoms with Gasteiger partial charge >= 0.3 is 0 Å². The van der Waals surface area contributed by atoms with Crippen molar-refractivity contribution < 1.29 is 9.18 Å². The number of amides is 1.